The first-order valence-electron chi connectivity index (χ1n) is 8.82. The van der Waals surface area contributed by atoms with Gasteiger partial charge in [-0.3, -0.25) is 14.0 Å². The summed E-state index contributed by atoms with van der Waals surface area (Å²) in [5, 5.41) is 0.786. The van der Waals surface area contributed by atoms with Crippen molar-refractivity contribution in [1.82, 2.24) is 9.47 Å². The van der Waals surface area contributed by atoms with Crippen LogP contribution in [0, 0.1) is 0 Å². The van der Waals surface area contributed by atoms with Crippen molar-refractivity contribution in [3.63, 3.8) is 0 Å². The molecule has 0 saturated carbocycles. The number of hydrogen-bond acceptors (Lipinski definition) is 6. The van der Waals surface area contributed by atoms with Crippen molar-refractivity contribution in [2.24, 2.45) is 0 Å². The maximum absolute atomic E-state index is 12.5. The lowest BCUT2D eigenvalue weighted by atomic mass is 10.2. The van der Waals surface area contributed by atoms with E-state index >= 15 is 0 Å². The second-order valence-corrected chi connectivity index (χ2v) is 8.43. The van der Waals surface area contributed by atoms with E-state index in [9.17, 15) is 13.2 Å². The number of morpholine rings is 1. The van der Waals surface area contributed by atoms with Crippen LogP contribution in [0.5, 0.6) is 0 Å². The minimum absolute atomic E-state index is 0.0795. The molecule has 2 heterocycles. The van der Waals surface area contributed by atoms with Gasteiger partial charge in [-0.2, -0.15) is 0 Å². The van der Waals surface area contributed by atoms with Gasteiger partial charge in [0, 0.05) is 37.8 Å². The van der Waals surface area contributed by atoms with E-state index in [1.165, 1.54) is 17.7 Å². The fraction of sp³-hybridized carbons (Fsp3) is 0.500. The molecule has 1 saturated heterocycles. The number of nitrogens with zero attached hydrogens (tertiary/aromatic N) is 3. The molecule has 27 heavy (non-hydrogen) atoms. The number of carbonyl (C=O) groups is 1. The van der Waals surface area contributed by atoms with Crippen molar-refractivity contribution in [3.8, 4) is 0 Å². The fourth-order valence-electron chi connectivity index (χ4n) is 3.29. The Morgan fingerprint density at radius 2 is 2.00 bits per heavy atom. The predicted molar refractivity (Wildman–Crippen MR) is 103 cm³/mol. The van der Waals surface area contributed by atoms with Crippen LogP contribution in [0.2, 0.25) is 0 Å². The molecule has 0 atom stereocenters. The van der Waals surface area contributed by atoms with Gasteiger partial charge in [-0.05, 0) is 18.2 Å². The highest BCUT2D eigenvalue weighted by Crippen LogP contribution is 2.29. The van der Waals surface area contributed by atoms with Gasteiger partial charge in [0.1, 0.15) is 6.54 Å². The molecule has 9 heteroatoms. The summed E-state index contributed by atoms with van der Waals surface area (Å²) in [5.74, 6) is -0.356. The molecule has 148 valence electrons. The Bertz CT molecular complexity index is 903. The number of methoxy groups -OCH3 is 1. The number of carbonyl (C=O) groups excluding carboxylic acids is 1. The molecular weight excluding hydrogens is 370 g/mol. The van der Waals surface area contributed by atoms with Gasteiger partial charge in [0.05, 0.1) is 37.8 Å². The molecule has 1 fully saturated rings. The molecule has 0 bridgehead atoms. The Labute approximate surface area is 159 Å². The smallest absolute Gasteiger partial charge is 0.325 e. The number of rotatable bonds is 7. The van der Waals surface area contributed by atoms with Gasteiger partial charge >= 0.3 is 5.97 Å². The third-order valence-corrected chi connectivity index (χ3v) is 5.89. The maximum atomic E-state index is 12.5. The Hall–Kier alpha value is -2.10. The van der Waals surface area contributed by atoms with E-state index in [1.54, 1.807) is 22.9 Å². The highest BCUT2D eigenvalue weighted by Gasteiger charge is 2.22. The summed E-state index contributed by atoms with van der Waals surface area (Å²) in [4.78, 5) is 13.8. The molecule has 0 N–H and O–H groups in total. The van der Waals surface area contributed by atoms with E-state index in [1.807, 2.05) is 12.1 Å². The van der Waals surface area contributed by atoms with Crippen LogP contribution in [-0.2, 0) is 30.8 Å². The van der Waals surface area contributed by atoms with E-state index in [4.69, 9.17) is 9.47 Å². The molecule has 1 aliphatic rings. The Kier molecular flexibility index (Phi) is 6.03. The van der Waals surface area contributed by atoms with E-state index in [0.717, 1.165) is 24.0 Å². The third kappa shape index (κ3) is 4.60. The van der Waals surface area contributed by atoms with Gasteiger partial charge in [0.25, 0.3) is 0 Å². The summed E-state index contributed by atoms with van der Waals surface area (Å²) < 4.78 is 38.2. The van der Waals surface area contributed by atoms with Gasteiger partial charge in [0.2, 0.25) is 10.0 Å². The van der Waals surface area contributed by atoms with Crippen molar-refractivity contribution in [1.29, 1.82) is 0 Å². The van der Waals surface area contributed by atoms with Crippen LogP contribution in [-0.4, -0.2) is 76.6 Å². The van der Waals surface area contributed by atoms with Crippen LogP contribution < -0.4 is 4.31 Å². The van der Waals surface area contributed by atoms with E-state index in [2.05, 4.69) is 4.90 Å². The summed E-state index contributed by atoms with van der Waals surface area (Å²) in [6.07, 6.45) is 2.99. The van der Waals surface area contributed by atoms with Crippen LogP contribution in [0.25, 0.3) is 10.9 Å². The first-order chi connectivity index (χ1) is 12.9. The van der Waals surface area contributed by atoms with Gasteiger partial charge in [0.15, 0.2) is 0 Å². The molecule has 3 rings (SSSR count). The Balaban J connectivity index is 1.89. The van der Waals surface area contributed by atoms with Crippen molar-refractivity contribution < 1.29 is 22.7 Å². The molecule has 0 amide bonds. The first kappa shape index (κ1) is 19.7. The number of ether oxygens (including phenoxy) is 2. The van der Waals surface area contributed by atoms with Crippen molar-refractivity contribution in [3.05, 3.63) is 30.5 Å². The van der Waals surface area contributed by atoms with Gasteiger partial charge in [-0.15, -0.1) is 0 Å². The summed E-state index contributed by atoms with van der Waals surface area (Å²) >= 11 is 0. The highest BCUT2D eigenvalue weighted by atomic mass is 32.2. The van der Waals surface area contributed by atoms with Crippen LogP contribution in [0.4, 0.5) is 5.69 Å². The quantitative estimate of drug-likeness (QED) is 0.649. The van der Waals surface area contributed by atoms with Gasteiger partial charge in [-0.25, -0.2) is 8.42 Å². The monoisotopic (exact) mass is 395 g/mol. The lowest BCUT2D eigenvalue weighted by molar-refractivity contribution is -0.141. The van der Waals surface area contributed by atoms with Gasteiger partial charge < -0.3 is 14.0 Å². The van der Waals surface area contributed by atoms with Crippen LogP contribution in [0.3, 0.4) is 0 Å². The molecular formula is C18H25N3O5S. The number of anilines is 1. The molecule has 2 aromatic rings. The zero-order valence-corrected chi connectivity index (χ0v) is 16.4. The number of benzene rings is 1. The number of fused-ring (bicyclic) bond motifs is 1. The SMILES string of the molecule is COC(=O)Cn1ccc2c(N(CCN3CCOCC3)S(C)(=O)=O)cccc21. The molecule has 1 aromatic heterocycles. The zero-order valence-electron chi connectivity index (χ0n) is 15.6. The number of hydrogen-bond donors (Lipinski definition) is 0. The summed E-state index contributed by atoms with van der Waals surface area (Å²) in [6, 6.07) is 7.30. The topological polar surface area (TPSA) is 81.1 Å². The third-order valence-electron chi connectivity index (χ3n) is 4.71. The van der Waals surface area contributed by atoms with E-state index < -0.39 is 10.0 Å². The largest absolute Gasteiger partial charge is 0.468 e. The second-order valence-electron chi connectivity index (χ2n) is 6.52. The molecule has 0 unspecified atom stereocenters. The van der Waals surface area contributed by atoms with Crippen molar-refractivity contribution >= 4 is 32.6 Å². The first-order valence-corrected chi connectivity index (χ1v) is 10.7. The minimum Gasteiger partial charge on any atom is -0.468 e. The second kappa shape index (κ2) is 8.28. The highest BCUT2D eigenvalue weighted by molar-refractivity contribution is 7.92. The molecule has 8 nitrogen and oxygen atoms in total. The number of sulfonamides is 1. The summed E-state index contributed by atoms with van der Waals surface area (Å²) in [6.45, 7) is 4.02. The lowest BCUT2D eigenvalue weighted by Crippen LogP contribution is -2.43. The summed E-state index contributed by atoms with van der Waals surface area (Å²) in [7, 11) is -2.11. The van der Waals surface area contributed by atoms with Crippen LogP contribution >= 0.6 is 0 Å². The van der Waals surface area contributed by atoms with E-state index in [-0.39, 0.29) is 12.5 Å². The zero-order chi connectivity index (χ0) is 19.4. The van der Waals surface area contributed by atoms with Crippen LogP contribution in [0.15, 0.2) is 30.5 Å². The Morgan fingerprint density at radius 3 is 2.67 bits per heavy atom. The van der Waals surface area contributed by atoms with Crippen LogP contribution in [0.1, 0.15) is 0 Å². The normalized spacial score (nSPS) is 15.8. The molecule has 0 aliphatic carbocycles. The summed E-state index contributed by atoms with van der Waals surface area (Å²) in [5.41, 5.74) is 1.41. The van der Waals surface area contributed by atoms with E-state index in [0.29, 0.717) is 32.0 Å². The standard InChI is InChI=1S/C18H25N3O5S/c1-25-18(22)14-20-7-6-15-16(20)4-3-5-17(15)21(27(2,23)24)9-8-19-10-12-26-13-11-19/h3-7H,8-14H2,1-2H3. The average Bonchev–Trinajstić information content (AvgIpc) is 3.05. The Morgan fingerprint density at radius 1 is 1.26 bits per heavy atom. The van der Waals surface area contributed by atoms with Gasteiger partial charge in [-0.1, -0.05) is 6.07 Å². The average molecular weight is 395 g/mol. The molecule has 0 spiro atoms. The molecule has 1 aliphatic heterocycles. The predicted octanol–water partition coefficient (Wildman–Crippen LogP) is 0.913. The lowest BCUT2D eigenvalue weighted by Gasteiger charge is -2.30. The minimum atomic E-state index is -3.45. The number of esters is 1. The maximum Gasteiger partial charge on any atom is 0.325 e. The fourth-order valence-corrected chi connectivity index (χ4v) is 4.22. The number of aromatic nitrogens is 1. The molecule has 0 radical (unpaired) electrons. The van der Waals surface area contributed by atoms with Crippen molar-refractivity contribution in [2.75, 3.05) is 57.1 Å². The van der Waals surface area contributed by atoms with Crippen molar-refractivity contribution in [2.45, 2.75) is 6.54 Å². The molecule has 1 aromatic carbocycles.